The molecule has 0 aliphatic rings. The fraction of sp³-hybridized carbons (Fsp3) is 0.500. The molecule has 6 heteroatoms. The van der Waals surface area contributed by atoms with E-state index in [4.69, 9.17) is 0 Å². The molecular weight excluding hydrogens is 293 g/mol. The SMILES string of the molecule is CCCCCCCC(=O)N/N=C/c1ccc(C(F)(F)F)cc1. The molecule has 1 aromatic rings. The van der Waals surface area contributed by atoms with E-state index in [9.17, 15) is 18.0 Å². The molecule has 0 aromatic heterocycles. The normalized spacial score (nSPS) is 11.8. The van der Waals surface area contributed by atoms with Crippen LogP contribution in [0.25, 0.3) is 0 Å². The highest BCUT2D eigenvalue weighted by Crippen LogP contribution is 2.28. The van der Waals surface area contributed by atoms with Crippen molar-refractivity contribution < 1.29 is 18.0 Å². The Labute approximate surface area is 128 Å². The van der Waals surface area contributed by atoms with Gasteiger partial charge in [-0.05, 0) is 24.1 Å². The smallest absolute Gasteiger partial charge is 0.273 e. The van der Waals surface area contributed by atoms with Crippen molar-refractivity contribution in [2.45, 2.75) is 51.6 Å². The molecule has 1 N–H and O–H groups in total. The van der Waals surface area contributed by atoms with E-state index in [-0.39, 0.29) is 5.91 Å². The van der Waals surface area contributed by atoms with Gasteiger partial charge in [-0.3, -0.25) is 4.79 Å². The zero-order valence-electron chi connectivity index (χ0n) is 12.6. The summed E-state index contributed by atoms with van der Waals surface area (Å²) in [6.45, 7) is 2.13. The number of amides is 1. The van der Waals surface area contributed by atoms with Gasteiger partial charge in [0, 0.05) is 6.42 Å². The number of nitrogens with zero attached hydrogens (tertiary/aromatic N) is 1. The topological polar surface area (TPSA) is 41.5 Å². The number of carbonyl (C=O) groups is 1. The van der Waals surface area contributed by atoms with Crippen molar-refractivity contribution in [3.8, 4) is 0 Å². The van der Waals surface area contributed by atoms with E-state index in [1.165, 1.54) is 24.8 Å². The lowest BCUT2D eigenvalue weighted by atomic mass is 10.1. The maximum Gasteiger partial charge on any atom is 0.416 e. The molecule has 0 saturated heterocycles. The monoisotopic (exact) mass is 314 g/mol. The average Bonchev–Trinajstić information content (AvgIpc) is 2.46. The molecule has 22 heavy (non-hydrogen) atoms. The molecule has 0 radical (unpaired) electrons. The molecule has 0 aliphatic heterocycles. The molecule has 0 fully saturated rings. The molecule has 0 aliphatic carbocycles. The number of hydrazone groups is 1. The van der Waals surface area contributed by atoms with Crippen LogP contribution in [0.3, 0.4) is 0 Å². The molecule has 1 amide bonds. The molecule has 0 heterocycles. The Morgan fingerprint density at radius 3 is 2.36 bits per heavy atom. The molecule has 1 aromatic carbocycles. The van der Waals surface area contributed by atoms with Crippen molar-refractivity contribution >= 4 is 12.1 Å². The zero-order valence-corrected chi connectivity index (χ0v) is 12.6. The first-order chi connectivity index (χ1) is 10.4. The van der Waals surface area contributed by atoms with Gasteiger partial charge in [0.15, 0.2) is 0 Å². The van der Waals surface area contributed by atoms with E-state index >= 15 is 0 Å². The molecule has 0 saturated carbocycles. The number of halogens is 3. The van der Waals surface area contributed by atoms with Crippen molar-refractivity contribution in [1.29, 1.82) is 0 Å². The third kappa shape index (κ3) is 7.24. The zero-order chi connectivity index (χ0) is 16.4. The van der Waals surface area contributed by atoms with Crippen molar-refractivity contribution in [2.75, 3.05) is 0 Å². The molecule has 0 bridgehead atoms. The van der Waals surface area contributed by atoms with Gasteiger partial charge in [0.05, 0.1) is 11.8 Å². The number of benzene rings is 1. The second-order valence-electron chi connectivity index (χ2n) is 5.08. The van der Waals surface area contributed by atoms with E-state index in [1.54, 1.807) is 0 Å². The maximum absolute atomic E-state index is 12.4. The van der Waals surface area contributed by atoms with Crippen LogP contribution in [0.5, 0.6) is 0 Å². The number of alkyl halides is 3. The molecule has 0 spiro atoms. The standard InChI is InChI=1S/C16H21F3N2O/c1-2-3-4-5-6-7-15(22)21-20-12-13-8-10-14(11-9-13)16(17,18)19/h8-12H,2-7H2,1H3,(H,21,22)/b20-12+. The quantitative estimate of drug-likeness (QED) is 0.428. The third-order valence-corrected chi connectivity index (χ3v) is 3.15. The summed E-state index contributed by atoms with van der Waals surface area (Å²) in [6, 6.07) is 4.58. The first-order valence-corrected chi connectivity index (χ1v) is 7.42. The van der Waals surface area contributed by atoms with Crippen molar-refractivity contribution in [1.82, 2.24) is 5.43 Å². The van der Waals surface area contributed by atoms with Gasteiger partial charge in [0.1, 0.15) is 0 Å². The number of hydrogen-bond acceptors (Lipinski definition) is 2. The molecule has 3 nitrogen and oxygen atoms in total. The van der Waals surface area contributed by atoms with E-state index in [0.717, 1.165) is 37.8 Å². The fourth-order valence-electron chi connectivity index (χ4n) is 1.88. The first kappa shape index (κ1) is 18.2. The van der Waals surface area contributed by atoms with Crippen molar-refractivity contribution in [3.63, 3.8) is 0 Å². The lowest BCUT2D eigenvalue weighted by Gasteiger charge is -2.05. The Balaban J connectivity index is 2.31. The summed E-state index contributed by atoms with van der Waals surface area (Å²) in [7, 11) is 0. The second kappa shape index (κ2) is 9.23. The maximum atomic E-state index is 12.4. The summed E-state index contributed by atoms with van der Waals surface area (Å²) in [5.74, 6) is -0.181. The summed E-state index contributed by atoms with van der Waals surface area (Å²) < 4.78 is 37.1. The Hall–Kier alpha value is -1.85. The Morgan fingerprint density at radius 1 is 1.14 bits per heavy atom. The van der Waals surface area contributed by atoms with Crippen molar-refractivity contribution in [3.05, 3.63) is 35.4 Å². The minimum atomic E-state index is -4.35. The lowest BCUT2D eigenvalue weighted by Crippen LogP contribution is -2.16. The van der Waals surface area contributed by atoms with Crippen LogP contribution in [-0.2, 0) is 11.0 Å². The number of nitrogens with one attached hydrogen (secondary N) is 1. The number of carbonyl (C=O) groups excluding carboxylic acids is 1. The molecular formula is C16H21F3N2O. The third-order valence-electron chi connectivity index (χ3n) is 3.15. The highest BCUT2D eigenvalue weighted by molar-refractivity contribution is 5.82. The van der Waals surface area contributed by atoms with Gasteiger partial charge in [0.2, 0.25) is 5.91 Å². The number of rotatable bonds is 8. The van der Waals surface area contributed by atoms with Gasteiger partial charge in [0.25, 0.3) is 0 Å². The van der Waals surface area contributed by atoms with Crippen LogP contribution < -0.4 is 5.43 Å². The van der Waals surface area contributed by atoms with Crippen molar-refractivity contribution in [2.24, 2.45) is 5.10 Å². The summed E-state index contributed by atoms with van der Waals surface area (Å²) in [4.78, 5) is 11.5. The summed E-state index contributed by atoms with van der Waals surface area (Å²) in [6.07, 6.45) is 2.69. The van der Waals surface area contributed by atoms with Crippen LogP contribution in [0.4, 0.5) is 13.2 Å². The average molecular weight is 314 g/mol. The molecule has 0 atom stereocenters. The predicted molar refractivity (Wildman–Crippen MR) is 80.6 cm³/mol. The Morgan fingerprint density at radius 2 is 1.77 bits per heavy atom. The Bertz CT molecular complexity index is 481. The van der Waals surface area contributed by atoms with Gasteiger partial charge < -0.3 is 0 Å². The highest BCUT2D eigenvalue weighted by atomic mass is 19.4. The van der Waals surface area contributed by atoms with Crippen LogP contribution in [0, 0.1) is 0 Å². The summed E-state index contributed by atoms with van der Waals surface area (Å²) >= 11 is 0. The molecule has 1 rings (SSSR count). The van der Waals surface area contributed by atoms with E-state index in [2.05, 4.69) is 17.5 Å². The van der Waals surface area contributed by atoms with Crippen LogP contribution >= 0.6 is 0 Å². The second-order valence-corrected chi connectivity index (χ2v) is 5.08. The van der Waals surface area contributed by atoms with Crippen LogP contribution in [0.15, 0.2) is 29.4 Å². The highest BCUT2D eigenvalue weighted by Gasteiger charge is 2.29. The molecule has 0 unspecified atom stereocenters. The fourth-order valence-corrected chi connectivity index (χ4v) is 1.88. The van der Waals surface area contributed by atoms with Crippen LogP contribution in [0.1, 0.15) is 56.6 Å². The van der Waals surface area contributed by atoms with E-state index < -0.39 is 11.7 Å². The summed E-state index contributed by atoms with van der Waals surface area (Å²) in [5, 5.41) is 3.74. The lowest BCUT2D eigenvalue weighted by molar-refractivity contribution is -0.137. The largest absolute Gasteiger partial charge is 0.416 e. The van der Waals surface area contributed by atoms with Gasteiger partial charge in [-0.2, -0.15) is 18.3 Å². The summed E-state index contributed by atoms with van der Waals surface area (Å²) in [5.41, 5.74) is 2.16. The van der Waals surface area contributed by atoms with Crippen LogP contribution in [0.2, 0.25) is 0 Å². The Kier molecular flexibility index (Phi) is 7.63. The molecule has 122 valence electrons. The van der Waals surface area contributed by atoms with Gasteiger partial charge >= 0.3 is 6.18 Å². The minimum Gasteiger partial charge on any atom is -0.273 e. The van der Waals surface area contributed by atoms with Crippen LogP contribution in [-0.4, -0.2) is 12.1 Å². The predicted octanol–water partition coefficient (Wildman–Crippen LogP) is 4.52. The first-order valence-electron chi connectivity index (χ1n) is 7.42. The van der Waals surface area contributed by atoms with Gasteiger partial charge in [-0.1, -0.05) is 44.7 Å². The number of unbranched alkanes of at least 4 members (excludes halogenated alkanes) is 4. The van der Waals surface area contributed by atoms with E-state index in [0.29, 0.717) is 12.0 Å². The number of hydrogen-bond donors (Lipinski definition) is 1. The van der Waals surface area contributed by atoms with Gasteiger partial charge in [-0.15, -0.1) is 0 Å². The van der Waals surface area contributed by atoms with Gasteiger partial charge in [-0.25, -0.2) is 5.43 Å². The minimum absolute atomic E-state index is 0.181. The van der Waals surface area contributed by atoms with E-state index in [1.807, 2.05) is 0 Å².